The van der Waals surface area contributed by atoms with Crippen LogP contribution in [0.2, 0.25) is 5.02 Å². The highest BCUT2D eigenvalue weighted by Crippen LogP contribution is 2.34. The van der Waals surface area contributed by atoms with Gasteiger partial charge in [0.1, 0.15) is 4.90 Å². The van der Waals surface area contributed by atoms with Gasteiger partial charge in [0.15, 0.2) is 0 Å². The lowest BCUT2D eigenvalue weighted by molar-refractivity contribution is 0.349. The molecule has 0 radical (unpaired) electrons. The summed E-state index contributed by atoms with van der Waals surface area (Å²) in [5.74, 6) is 0. The third-order valence-corrected chi connectivity index (χ3v) is 6.49. The predicted molar refractivity (Wildman–Crippen MR) is 86.0 cm³/mol. The van der Waals surface area contributed by atoms with E-state index in [0.717, 1.165) is 24.8 Å². The number of nitrogens with zero attached hydrogens (tertiary/aromatic N) is 1. The number of nitrogens with two attached hydrogens (primary N) is 1. The van der Waals surface area contributed by atoms with Crippen molar-refractivity contribution >= 4 is 21.6 Å². The molecule has 21 heavy (non-hydrogen) atoms. The Labute approximate surface area is 132 Å². The Kier molecular flexibility index (Phi) is 4.98. The van der Waals surface area contributed by atoms with Crippen molar-refractivity contribution in [3.63, 3.8) is 0 Å². The first-order chi connectivity index (χ1) is 9.82. The molecule has 2 rings (SSSR count). The van der Waals surface area contributed by atoms with Gasteiger partial charge in [-0.15, -0.1) is 0 Å². The Morgan fingerprint density at radius 2 is 2.14 bits per heavy atom. The van der Waals surface area contributed by atoms with Crippen LogP contribution in [0.5, 0.6) is 0 Å². The zero-order valence-corrected chi connectivity index (χ0v) is 14.2. The summed E-state index contributed by atoms with van der Waals surface area (Å²) < 4.78 is 27.1. The Hall–Kier alpha value is -0.620. The van der Waals surface area contributed by atoms with Gasteiger partial charge in [-0.1, -0.05) is 37.9 Å². The molecule has 1 aromatic rings. The van der Waals surface area contributed by atoms with Crippen molar-refractivity contribution in [2.24, 2.45) is 11.1 Å². The molecule has 0 amide bonds. The van der Waals surface area contributed by atoms with Gasteiger partial charge in [-0.2, -0.15) is 4.31 Å². The van der Waals surface area contributed by atoms with Gasteiger partial charge in [-0.3, -0.25) is 0 Å². The van der Waals surface area contributed by atoms with Crippen molar-refractivity contribution in [3.8, 4) is 0 Å². The van der Waals surface area contributed by atoms with E-state index in [4.69, 9.17) is 17.3 Å². The second-order valence-electron chi connectivity index (χ2n) is 6.12. The molecule has 1 atom stereocenters. The minimum Gasteiger partial charge on any atom is -0.330 e. The van der Waals surface area contributed by atoms with Crippen molar-refractivity contribution in [2.45, 2.75) is 38.0 Å². The van der Waals surface area contributed by atoms with E-state index in [1.165, 1.54) is 4.31 Å². The lowest BCUT2D eigenvalue weighted by atomic mass is 9.90. The van der Waals surface area contributed by atoms with Gasteiger partial charge in [0.25, 0.3) is 0 Å². The summed E-state index contributed by atoms with van der Waals surface area (Å²) in [5.41, 5.74) is 6.62. The molecule has 0 aromatic heterocycles. The third kappa shape index (κ3) is 3.42. The molecular formula is C15H23ClN2O2S. The first-order valence-electron chi connectivity index (χ1n) is 7.31. The first-order valence-corrected chi connectivity index (χ1v) is 9.13. The molecular weight excluding hydrogens is 308 g/mol. The Morgan fingerprint density at radius 1 is 1.43 bits per heavy atom. The highest BCUT2D eigenvalue weighted by Gasteiger charge is 2.39. The Morgan fingerprint density at radius 3 is 2.71 bits per heavy atom. The topological polar surface area (TPSA) is 63.4 Å². The van der Waals surface area contributed by atoms with Gasteiger partial charge in [-0.05, 0) is 42.5 Å². The smallest absolute Gasteiger partial charge is 0.244 e. The molecule has 1 unspecified atom stereocenters. The number of sulfonamides is 1. The Bertz CT molecular complexity index is 618. The summed E-state index contributed by atoms with van der Waals surface area (Å²) in [6.07, 6.45) is 2.60. The highest BCUT2D eigenvalue weighted by atomic mass is 35.5. The minimum atomic E-state index is -3.55. The van der Waals surface area contributed by atoms with E-state index in [0.29, 0.717) is 19.6 Å². The number of halogens is 1. The first kappa shape index (κ1) is 16.7. The molecule has 0 bridgehead atoms. The molecule has 1 aliphatic heterocycles. The van der Waals surface area contributed by atoms with Gasteiger partial charge in [0.2, 0.25) is 10.0 Å². The zero-order chi connectivity index (χ0) is 15.7. The van der Waals surface area contributed by atoms with Crippen molar-refractivity contribution in [1.29, 1.82) is 0 Å². The fraction of sp³-hybridized carbons (Fsp3) is 0.600. The maximum Gasteiger partial charge on any atom is 0.244 e. The van der Waals surface area contributed by atoms with Crippen LogP contribution >= 0.6 is 11.6 Å². The van der Waals surface area contributed by atoms with Crippen LogP contribution in [-0.4, -0.2) is 32.4 Å². The van der Waals surface area contributed by atoms with Gasteiger partial charge in [0.05, 0.1) is 5.02 Å². The summed E-state index contributed by atoms with van der Waals surface area (Å²) in [6, 6.07) is 5.27. The maximum absolute atomic E-state index is 12.8. The highest BCUT2D eigenvalue weighted by molar-refractivity contribution is 7.89. The third-order valence-electron chi connectivity index (χ3n) is 4.17. The molecule has 1 aliphatic rings. The molecule has 1 fully saturated rings. The van der Waals surface area contributed by atoms with E-state index >= 15 is 0 Å². The van der Waals surface area contributed by atoms with Crippen LogP contribution in [0.1, 0.15) is 32.3 Å². The SMILES string of the molecule is CCCc1ccc(Cl)c(S(=O)(=O)N2CCC(C)(CN)C2)c1. The maximum atomic E-state index is 12.8. The van der Waals surface area contributed by atoms with Crippen molar-refractivity contribution in [3.05, 3.63) is 28.8 Å². The van der Waals surface area contributed by atoms with Crippen molar-refractivity contribution in [2.75, 3.05) is 19.6 Å². The van der Waals surface area contributed by atoms with Gasteiger partial charge >= 0.3 is 0 Å². The molecule has 0 saturated carbocycles. The van der Waals surface area contributed by atoms with Crippen LogP contribution in [0.4, 0.5) is 0 Å². The van der Waals surface area contributed by atoms with E-state index in [2.05, 4.69) is 6.92 Å². The standard InChI is InChI=1S/C15H23ClN2O2S/c1-3-4-12-5-6-13(16)14(9-12)21(19,20)18-8-7-15(2,10-17)11-18/h5-6,9H,3-4,7-8,10-11,17H2,1-2H3. The monoisotopic (exact) mass is 330 g/mol. The predicted octanol–water partition coefficient (Wildman–Crippen LogP) is 2.65. The minimum absolute atomic E-state index is 0.138. The largest absolute Gasteiger partial charge is 0.330 e. The van der Waals surface area contributed by atoms with E-state index < -0.39 is 10.0 Å². The summed E-state index contributed by atoms with van der Waals surface area (Å²) in [5, 5.41) is 0.288. The van der Waals surface area contributed by atoms with Crippen LogP contribution in [0.25, 0.3) is 0 Å². The zero-order valence-electron chi connectivity index (χ0n) is 12.6. The summed E-state index contributed by atoms with van der Waals surface area (Å²) >= 11 is 6.13. The van der Waals surface area contributed by atoms with Crippen LogP contribution in [0.15, 0.2) is 23.1 Å². The second-order valence-corrected chi connectivity index (χ2v) is 8.43. The summed E-state index contributed by atoms with van der Waals surface area (Å²) in [6.45, 7) is 5.54. The van der Waals surface area contributed by atoms with Gasteiger partial charge in [-0.25, -0.2) is 8.42 Å². The lowest BCUT2D eigenvalue weighted by Crippen LogP contribution is -2.34. The van der Waals surface area contributed by atoms with Crippen LogP contribution in [0.3, 0.4) is 0 Å². The van der Waals surface area contributed by atoms with Crippen molar-refractivity contribution < 1.29 is 8.42 Å². The normalized spacial score (nSPS) is 23.6. The number of benzene rings is 1. The van der Waals surface area contributed by atoms with Crippen LogP contribution in [-0.2, 0) is 16.4 Å². The van der Waals surface area contributed by atoms with E-state index in [9.17, 15) is 8.42 Å². The molecule has 1 aromatic carbocycles. The summed E-state index contributed by atoms with van der Waals surface area (Å²) in [4.78, 5) is 0.219. The van der Waals surface area contributed by atoms with Gasteiger partial charge in [0, 0.05) is 13.1 Å². The average Bonchev–Trinajstić information content (AvgIpc) is 2.85. The molecule has 0 aliphatic carbocycles. The van der Waals surface area contributed by atoms with Crippen LogP contribution in [0, 0.1) is 5.41 Å². The number of hydrogen-bond donors (Lipinski definition) is 1. The van der Waals surface area contributed by atoms with Crippen molar-refractivity contribution in [1.82, 2.24) is 4.31 Å². The van der Waals surface area contributed by atoms with E-state index in [-0.39, 0.29) is 15.3 Å². The molecule has 0 spiro atoms. The van der Waals surface area contributed by atoms with E-state index in [1.807, 2.05) is 13.0 Å². The lowest BCUT2D eigenvalue weighted by Gasteiger charge is -2.23. The van der Waals surface area contributed by atoms with Crippen LogP contribution < -0.4 is 5.73 Å². The Balaban J connectivity index is 2.34. The number of hydrogen-bond acceptors (Lipinski definition) is 3. The quantitative estimate of drug-likeness (QED) is 0.902. The molecule has 2 N–H and O–H groups in total. The molecule has 1 heterocycles. The summed E-state index contributed by atoms with van der Waals surface area (Å²) in [7, 11) is -3.55. The fourth-order valence-electron chi connectivity index (χ4n) is 2.68. The van der Waals surface area contributed by atoms with Gasteiger partial charge < -0.3 is 5.73 Å². The average molecular weight is 331 g/mol. The molecule has 1 saturated heterocycles. The molecule has 118 valence electrons. The number of aryl methyl sites for hydroxylation is 1. The molecule has 4 nitrogen and oxygen atoms in total. The fourth-order valence-corrected chi connectivity index (χ4v) is 4.80. The number of rotatable bonds is 5. The molecule has 6 heteroatoms. The van der Waals surface area contributed by atoms with E-state index in [1.54, 1.807) is 12.1 Å². The second kappa shape index (κ2) is 6.24.